The summed E-state index contributed by atoms with van der Waals surface area (Å²) in [5.74, 6) is -1.59. The highest BCUT2D eigenvalue weighted by atomic mass is 32.2. The van der Waals surface area contributed by atoms with E-state index >= 15 is 0 Å². The number of nitrogens with zero attached hydrogens (tertiary/aromatic N) is 1. The minimum absolute atomic E-state index is 0.234. The first kappa shape index (κ1) is 18.8. The van der Waals surface area contributed by atoms with Crippen molar-refractivity contribution < 1.29 is 19.1 Å². The van der Waals surface area contributed by atoms with Gasteiger partial charge in [-0.1, -0.05) is 36.0 Å². The third-order valence-corrected chi connectivity index (χ3v) is 5.54. The number of fused-ring (bicyclic) bond motifs is 2. The van der Waals surface area contributed by atoms with Gasteiger partial charge in [0.05, 0.1) is 16.9 Å². The van der Waals surface area contributed by atoms with Gasteiger partial charge in [0.2, 0.25) is 5.91 Å². The van der Waals surface area contributed by atoms with Crippen LogP contribution < -0.4 is 10.6 Å². The summed E-state index contributed by atoms with van der Waals surface area (Å²) in [6.07, 6.45) is 0. The maximum absolute atomic E-state index is 13.0. The molecule has 0 bridgehead atoms. The van der Waals surface area contributed by atoms with Crippen molar-refractivity contribution in [1.29, 1.82) is 0 Å². The van der Waals surface area contributed by atoms with Crippen molar-refractivity contribution in [2.24, 2.45) is 5.73 Å². The summed E-state index contributed by atoms with van der Waals surface area (Å²) in [6, 6.07) is 20.9. The van der Waals surface area contributed by atoms with Crippen molar-refractivity contribution in [2.75, 3.05) is 11.5 Å². The highest BCUT2D eigenvalue weighted by Crippen LogP contribution is 2.47. The number of benzene rings is 3. The highest BCUT2D eigenvalue weighted by Gasteiger charge is 2.28. The zero-order valence-corrected chi connectivity index (χ0v) is 16.0. The molecule has 0 saturated carbocycles. The van der Waals surface area contributed by atoms with Gasteiger partial charge in [-0.05, 0) is 48.5 Å². The van der Waals surface area contributed by atoms with Crippen molar-refractivity contribution in [1.82, 2.24) is 0 Å². The van der Waals surface area contributed by atoms with Crippen molar-refractivity contribution in [3.8, 4) is 0 Å². The van der Waals surface area contributed by atoms with Crippen LogP contribution in [0, 0.1) is 0 Å². The molecule has 1 heterocycles. The van der Waals surface area contributed by atoms with Crippen molar-refractivity contribution in [3.63, 3.8) is 0 Å². The third-order valence-electron chi connectivity index (χ3n) is 4.41. The van der Waals surface area contributed by atoms with Crippen LogP contribution in [0.5, 0.6) is 0 Å². The second kappa shape index (κ2) is 7.81. The van der Waals surface area contributed by atoms with Gasteiger partial charge in [-0.25, -0.2) is 4.79 Å². The number of nitrogens with two attached hydrogens (primary N) is 1. The first-order chi connectivity index (χ1) is 14.0. The second-order valence-corrected chi connectivity index (χ2v) is 7.37. The number of anilines is 2. The molecule has 0 spiro atoms. The first-order valence-corrected chi connectivity index (χ1v) is 9.62. The summed E-state index contributed by atoms with van der Waals surface area (Å²) in [5.41, 5.74) is 7.22. The van der Waals surface area contributed by atoms with Crippen molar-refractivity contribution in [2.45, 2.75) is 9.79 Å². The van der Waals surface area contributed by atoms with Crippen molar-refractivity contribution >= 4 is 40.9 Å². The second-order valence-electron chi connectivity index (χ2n) is 6.28. The van der Waals surface area contributed by atoms with E-state index in [1.807, 2.05) is 48.5 Å². The molecule has 0 unspecified atom stereocenters. The van der Waals surface area contributed by atoms with Gasteiger partial charge in [0.15, 0.2) is 6.61 Å². The Labute approximate surface area is 171 Å². The molecule has 0 saturated heterocycles. The lowest BCUT2D eigenvalue weighted by atomic mass is 10.1. The van der Waals surface area contributed by atoms with Gasteiger partial charge in [0, 0.05) is 15.4 Å². The molecule has 0 fully saturated rings. The normalized spacial score (nSPS) is 11.9. The molecule has 0 aliphatic carbocycles. The summed E-state index contributed by atoms with van der Waals surface area (Å²) >= 11 is 1.59. The minimum Gasteiger partial charge on any atom is -0.452 e. The summed E-state index contributed by atoms with van der Waals surface area (Å²) in [4.78, 5) is 39.9. The van der Waals surface area contributed by atoms with E-state index in [1.54, 1.807) is 16.7 Å². The highest BCUT2D eigenvalue weighted by molar-refractivity contribution is 7.99. The van der Waals surface area contributed by atoms with E-state index in [4.69, 9.17) is 10.5 Å². The Morgan fingerprint density at radius 2 is 1.31 bits per heavy atom. The van der Waals surface area contributed by atoms with Crippen LogP contribution in [-0.4, -0.2) is 24.4 Å². The average molecular weight is 404 g/mol. The van der Waals surface area contributed by atoms with E-state index in [0.717, 1.165) is 21.2 Å². The van der Waals surface area contributed by atoms with E-state index in [0.29, 0.717) is 0 Å². The quantitative estimate of drug-likeness (QED) is 0.669. The summed E-state index contributed by atoms with van der Waals surface area (Å²) in [5, 5.41) is 0. The number of carbonyl (C=O) groups excluding carboxylic acids is 3. The predicted octanol–water partition coefficient (Wildman–Crippen LogP) is 3.77. The van der Waals surface area contributed by atoms with Gasteiger partial charge >= 0.3 is 5.97 Å². The maximum atomic E-state index is 13.0. The molecule has 144 valence electrons. The zero-order valence-electron chi connectivity index (χ0n) is 15.2. The molecule has 0 aromatic heterocycles. The zero-order chi connectivity index (χ0) is 20.4. The van der Waals surface area contributed by atoms with Crippen LogP contribution >= 0.6 is 11.8 Å². The average Bonchev–Trinajstić information content (AvgIpc) is 2.75. The van der Waals surface area contributed by atoms with Gasteiger partial charge in [0.25, 0.3) is 5.91 Å². The van der Waals surface area contributed by atoms with E-state index in [9.17, 15) is 14.4 Å². The Kier molecular flexibility index (Phi) is 5.05. The molecule has 29 heavy (non-hydrogen) atoms. The van der Waals surface area contributed by atoms with Gasteiger partial charge in [-0.2, -0.15) is 0 Å². The van der Waals surface area contributed by atoms with Crippen LogP contribution in [-0.2, 0) is 9.53 Å². The molecule has 2 amide bonds. The summed E-state index contributed by atoms with van der Waals surface area (Å²) in [6.45, 7) is -0.413. The van der Waals surface area contributed by atoms with Crippen LogP contribution in [0.2, 0.25) is 0 Å². The fraction of sp³-hybridized carbons (Fsp3) is 0.0455. The third kappa shape index (κ3) is 3.72. The van der Waals surface area contributed by atoms with Crippen LogP contribution in [0.15, 0.2) is 82.6 Å². The standard InChI is InChI=1S/C22H16N2O4S/c23-21(26)14-9-11-15(12-10-14)22(27)28-13-20(25)24-16-5-1-3-7-18(16)29-19-8-4-2-6-17(19)24/h1-12H,13H2,(H2,23,26). The van der Waals surface area contributed by atoms with E-state index < -0.39 is 18.5 Å². The fourth-order valence-corrected chi connectivity index (χ4v) is 4.08. The lowest BCUT2D eigenvalue weighted by molar-refractivity contribution is -0.121. The monoisotopic (exact) mass is 404 g/mol. The van der Waals surface area contributed by atoms with E-state index in [2.05, 4.69) is 0 Å². The Morgan fingerprint density at radius 3 is 1.86 bits per heavy atom. The molecule has 4 rings (SSSR count). The van der Waals surface area contributed by atoms with Gasteiger partial charge in [0.1, 0.15) is 0 Å². The number of rotatable bonds is 4. The van der Waals surface area contributed by atoms with Crippen LogP contribution in [0.4, 0.5) is 11.4 Å². The Morgan fingerprint density at radius 1 is 0.793 bits per heavy atom. The maximum Gasteiger partial charge on any atom is 0.338 e. The number of para-hydroxylation sites is 2. The summed E-state index contributed by atoms with van der Waals surface area (Å²) < 4.78 is 5.22. The Balaban J connectivity index is 1.53. The van der Waals surface area contributed by atoms with Crippen LogP contribution in [0.3, 0.4) is 0 Å². The molecule has 3 aromatic rings. The molecule has 6 nitrogen and oxygen atoms in total. The molecular formula is C22H16N2O4S. The molecule has 0 atom stereocenters. The number of esters is 1. The number of primary amides is 1. The van der Waals surface area contributed by atoms with Gasteiger partial charge in [-0.15, -0.1) is 0 Å². The van der Waals surface area contributed by atoms with E-state index in [-0.39, 0.29) is 17.0 Å². The molecule has 3 aromatic carbocycles. The smallest absolute Gasteiger partial charge is 0.338 e. The van der Waals surface area contributed by atoms with Gasteiger partial charge in [-0.3, -0.25) is 14.5 Å². The lowest BCUT2D eigenvalue weighted by Crippen LogP contribution is -2.32. The number of hydrogen-bond acceptors (Lipinski definition) is 5. The molecular weight excluding hydrogens is 388 g/mol. The number of amides is 2. The summed E-state index contributed by atoms with van der Waals surface area (Å²) in [7, 11) is 0. The van der Waals surface area contributed by atoms with Gasteiger partial charge < -0.3 is 10.5 Å². The number of ether oxygens (including phenoxy) is 1. The largest absolute Gasteiger partial charge is 0.452 e. The van der Waals surface area contributed by atoms with Crippen molar-refractivity contribution in [3.05, 3.63) is 83.9 Å². The SMILES string of the molecule is NC(=O)c1ccc(C(=O)OCC(=O)N2c3ccccc3Sc3ccccc32)cc1. The minimum atomic E-state index is -0.651. The fourth-order valence-electron chi connectivity index (χ4n) is 3.02. The molecule has 2 N–H and O–H groups in total. The molecule has 1 aliphatic heterocycles. The predicted molar refractivity (Wildman–Crippen MR) is 109 cm³/mol. The number of hydrogen-bond donors (Lipinski definition) is 1. The topological polar surface area (TPSA) is 89.7 Å². The lowest BCUT2D eigenvalue weighted by Gasteiger charge is -2.30. The Hall–Kier alpha value is -3.58. The molecule has 7 heteroatoms. The molecule has 0 radical (unpaired) electrons. The van der Waals surface area contributed by atoms with E-state index in [1.165, 1.54) is 24.3 Å². The Bertz CT molecular complexity index is 1070. The molecule has 1 aliphatic rings. The van der Waals surface area contributed by atoms with Crippen LogP contribution in [0.1, 0.15) is 20.7 Å². The first-order valence-electron chi connectivity index (χ1n) is 8.80. The number of carbonyl (C=O) groups is 3. The van der Waals surface area contributed by atoms with Crippen LogP contribution in [0.25, 0.3) is 0 Å².